The third-order valence-electron chi connectivity index (χ3n) is 2.79. The minimum Gasteiger partial charge on any atom is -0.319 e. The number of carbonyl (C=O) groups excluding carboxylic acids is 1. The van der Waals surface area contributed by atoms with E-state index >= 15 is 0 Å². The second kappa shape index (κ2) is 5.77. The molecule has 4 nitrogen and oxygen atoms in total. The second-order valence-corrected chi connectivity index (χ2v) is 5.91. The molecule has 2 aromatic carbocycles. The summed E-state index contributed by atoms with van der Waals surface area (Å²) in [6.07, 6.45) is 0. The van der Waals surface area contributed by atoms with Crippen LogP contribution in [0.3, 0.4) is 0 Å². The maximum atomic E-state index is 12.3. The van der Waals surface area contributed by atoms with Crippen LogP contribution in [0.2, 0.25) is 15.1 Å². The van der Waals surface area contributed by atoms with Crippen molar-refractivity contribution in [3.05, 3.63) is 51.0 Å². The highest BCUT2D eigenvalue weighted by atomic mass is 35.5. The molecule has 1 N–H and O–H groups in total. The summed E-state index contributed by atoms with van der Waals surface area (Å²) >= 11 is 19.1. The van der Waals surface area contributed by atoms with Crippen molar-refractivity contribution in [1.82, 2.24) is 8.75 Å². The summed E-state index contributed by atoms with van der Waals surface area (Å²) in [5.41, 5.74) is 1.88. The van der Waals surface area contributed by atoms with Gasteiger partial charge >= 0.3 is 0 Å². The molecule has 3 aromatic rings. The van der Waals surface area contributed by atoms with Gasteiger partial charge in [0, 0.05) is 5.02 Å². The number of fused-ring (bicyclic) bond motifs is 1. The third kappa shape index (κ3) is 2.82. The van der Waals surface area contributed by atoms with E-state index < -0.39 is 5.91 Å². The minimum absolute atomic E-state index is 0.264. The highest BCUT2D eigenvalue weighted by Crippen LogP contribution is 2.31. The van der Waals surface area contributed by atoms with Gasteiger partial charge in [0.05, 0.1) is 33.0 Å². The highest BCUT2D eigenvalue weighted by molar-refractivity contribution is 7.00. The monoisotopic (exact) mass is 357 g/mol. The van der Waals surface area contributed by atoms with E-state index in [1.807, 2.05) is 0 Å². The molecule has 0 atom stereocenters. The molecule has 1 heterocycles. The number of hydrogen-bond donors (Lipinski definition) is 1. The Morgan fingerprint density at radius 1 is 1.05 bits per heavy atom. The molecule has 0 saturated carbocycles. The van der Waals surface area contributed by atoms with Gasteiger partial charge in [-0.15, -0.1) is 0 Å². The second-order valence-electron chi connectivity index (χ2n) is 4.13. The molecule has 0 aliphatic carbocycles. The molecule has 0 bridgehead atoms. The zero-order chi connectivity index (χ0) is 15.0. The Labute approximate surface area is 139 Å². The Bertz CT molecular complexity index is 850. The molecule has 1 amide bonds. The molecule has 0 unspecified atom stereocenters. The summed E-state index contributed by atoms with van der Waals surface area (Å²) in [5.74, 6) is -0.412. The van der Waals surface area contributed by atoms with E-state index in [0.717, 1.165) is 11.7 Å². The van der Waals surface area contributed by atoms with Crippen LogP contribution < -0.4 is 5.32 Å². The van der Waals surface area contributed by atoms with Gasteiger partial charge in [0.2, 0.25) is 0 Å². The summed E-state index contributed by atoms with van der Waals surface area (Å²) in [7, 11) is 0. The van der Waals surface area contributed by atoms with Gasteiger partial charge in [-0.25, -0.2) is 0 Å². The fraction of sp³-hybridized carbons (Fsp3) is 0. The quantitative estimate of drug-likeness (QED) is 0.708. The smallest absolute Gasteiger partial charge is 0.257 e. The number of carbonyl (C=O) groups is 1. The number of aromatic nitrogens is 2. The molecule has 106 valence electrons. The van der Waals surface area contributed by atoms with E-state index in [1.165, 1.54) is 6.07 Å². The summed E-state index contributed by atoms with van der Waals surface area (Å²) in [5, 5.41) is 3.81. The summed E-state index contributed by atoms with van der Waals surface area (Å²) in [6.45, 7) is 0. The lowest BCUT2D eigenvalue weighted by atomic mass is 10.2. The van der Waals surface area contributed by atoms with Crippen molar-refractivity contribution >= 4 is 69.2 Å². The highest BCUT2D eigenvalue weighted by Gasteiger charge is 2.16. The number of anilines is 1. The van der Waals surface area contributed by atoms with Gasteiger partial charge in [-0.3, -0.25) is 4.79 Å². The van der Waals surface area contributed by atoms with E-state index in [9.17, 15) is 4.79 Å². The summed E-state index contributed by atoms with van der Waals surface area (Å²) < 4.78 is 8.24. The van der Waals surface area contributed by atoms with Crippen LogP contribution in [0, 0.1) is 0 Å². The van der Waals surface area contributed by atoms with Gasteiger partial charge in [-0.05, 0) is 30.3 Å². The number of nitrogens with zero attached hydrogens (tertiary/aromatic N) is 2. The van der Waals surface area contributed by atoms with Gasteiger partial charge in [0.25, 0.3) is 5.91 Å². The number of benzene rings is 2. The van der Waals surface area contributed by atoms with Gasteiger partial charge in [0.1, 0.15) is 11.0 Å². The van der Waals surface area contributed by atoms with Crippen molar-refractivity contribution < 1.29 is 4.79 Å². The Morgan fingerprint density at radius 3 is 2.62 bits per heavy atom. The first-order valence-corrected chi connectivity index (χ1v) is 7.60. The first-order valence-electron chi connectivity index (χ1n) is 5.73. The molecule has 0 aliphatic heterocycles. The van der Waals surface area contributed by atoms with Crippen LogP contribution in [-0.4, -0.2) is 14.7 Å². The molecule has 0 spiro atoms. The van der Waals surface area contributed by atoms with Crippen molar-refractivity contribution in [3.8, 4) is 0 Å². The Hall–Kier alpha value is -1.40. The number of halogens is 3. The van der Waals surface area contributed by atoms with E-state index in [4.69, 9.17) is 34.8 Å². The summed E-state index contributed by atoms with van der Waals surface area (Å²) in [4.78, 5) is 12.3. The van der Waals surface area contributed by atoms with E-state index in [1.54, 1.807) is 24.3 Å². The lowest BCUT2D eigenvalue weighted by Gasteiger charge is -2.09. The number of hydrogen-bond acceptors (Lipinski definition) is 4. The molecule has 0 aliphatic rings. The van der Waals surface area contributed by atoms with Crippen LogP contribution in [0.25, 0.3) is 11.0 Å². The number of rotatable bonds is 2. The molecule has 0 fully saturated rings. The fourth-order valence-corrected chi connectivity index (χ4v) is 2.92. The van der Waals surface area contributed by atoms with Crippen LogP contribution in [0.1, 0.15) is 10.4 Å². The normalized spacial score (nSPS) is 10.8. The topological polar surface area (TPSA) is 54.9 Å². The van der Waals surface area contributed by atoms with Crippen molar-refractivity contribution in [1.29, 1.82) is 0 Å². The first-order chi connectivity index (χ1) is 10.1. The Kier molecular flexibility index (Phi) is 3.99. The van der Waals surface area contributed by atoms with Gasteiger partial charge in [0.15, 0.2) is 0 Å². The summed E-state index contributed by atoms with van der Waals surface area (Å²) in [6, 6.07) is 8.06. The van der Waals surface area contributed by atoms with Crippen molar-refractivity contribution in [2.75, 3.05) is 5.32 Å². The average Bonchev–Trinajstić information content (AvgIpc) is 2.93. The maximum absolute atomic E-state index is 12.3. The lowest BCUT2D eigenvalue weighted by molar-refractivity contribution is 0.102. The van der Waals surface area contributed by atoms with Crippen LogP contribution in [-0.2, 0) is 0 Å². The Balaban J connectivity index is 2.02. The third-order valence-corrected chi connectivity index (χ3v) is 4.21. The average molecular weight is 359 g/mol. The molecule has 1 aromatic heterocycles. The lowest BCUT2D eigenvalue weighted by Crippen LogP contribution is -2.13. The zero-order valence-corrected chi connectivity index (χ0v) is 13.3. The standard InChI is InChI=1S/C13H6Cl3N3OS/c14-6-1-2-8(15)7(5-6)13(20)17-11-9(16)3-4-10-12(11)19-21-18-10/h1-5H,(H,17,20). The van der Waals surface area contributed by atoms with Crippen LogP contribution in [0.5, 0.6) is 0 Å². The number of nitrogens with one attached hydrogen (secondary N) is 1. The maximum Gasteiger partial charge on any atom is 0.257 e. The molecular formula is C13H6Cl3N3OS. The van der Waals surface area contributed by atoms with Crippen molar-refractivity contribution in [2.24, 2.45) is 0 Å². The van der Waals surface area contributed by atoms with Gasteiger partial charge < -0.3 is 5.32 Å². The predicted molar refractivity (Wildman–Crippen MR) is 86.8 cm³/mol. The molecule has 0 radical (unpaired) electrons. The first kappa shape index (κ1) is 14.5. The zero-order valence-electron chi connectivity index (χ0n) is 10.2. The minimum atomic E-state index is -0.412. The van der Waals surface area contributed by atoms with Gasteiger partial charge in [-0.2, -0.15) is 8.75 Å². The van der Waals surface area contributed by atoms with E-state index in [0.29, 0.717) is 31.8 Å². The number of amides is 1. The van der Waals surface area contributed by atoms with Crippen LogP contribution >= 0.6 is 46.5 Å². The predicted octanol–water partition coefficient (Wildman–Crippen LogP) is 4.90. The van der Waals surface area contributed by atoms with Crippen LogP contribution in [0.4, 0.5) is 5.69 Å². The molecule has 0 saturated heterocycles. The van der Waals surface area contributed by atoms with Crippen LogP contribution in [0.15, 0.2) is 30.3 Å². The Morgan fingerprint density at radius 2 is 1.81 bits per heavy atom. The van der Waals surface area contributed by atoms with E-state index in [-0.39, 0.29) is 5.56 Å². The molecular weight excluding hydrogens is 353 g/mol. The van der Waals surface area contributed by atoms with Gasteiger partial charge in [-0.1, -0.05) is 34.8 Å². The molecule has 8 heteroatoms. The van der Waals surface area contributed by atoms with E-state index in [2.05, 4.69) is 14.1 Å². The SMILES string of the molecule is O=C(Nc1c(Cl)ccc2nsnc12)c1cc(Cl)ccc1Cl. The largest absolute Gasteiger partial charge is 0.319 e. The molecule has 21 heavy (non-hydrogen) atoms. The molecule has 3 rings (SSSR count). The van der Waals surface area contributed by atoms with Crippen molar-refractivity contribution in [2.45, 2.75) is 0 Å². The van der Waals surface area contributed by atoms with Crippen molar-refractivity contribution in [3.63, 3.8) is 0 Å². The fourth-order valence-electron chi connectivity index (χ4n) is 1.80.